The highest BCUT2D eigenvalue weighted by atomic mass is 79.9. The van der Waals surface area contributed by atoms with Gasteiger partial charge in [-0.05, 0) is 31.8 Å². The SMILES string of the molecule is CCC(CBr)CN(C)CCC(C)C. The van der Waals surface area contributed by atoms with Crippen LogP contribution in [0.2, 0.25) is 0 Å². The first kappa shape index (κ1) is 13.4. The molecule has 0 aliphatic heterocycles. The molecule has 0 N–H and O–H groups in total. The molecular weight excluding hydrogens is 226 g/mol. The van der Waals surface area contributed by atoms with E-state index in [9.17, 15) is 0 Å². The lowest BCUT2D eigenvalue weighted by Gasteiger charge is -2.22. The first-order chi connectivity index (χ1) is 6.10. The molecule has 13 heavy (non-hydrogen) atoms. The van der Waals surface area contributed by atoms with E-state index in [1.54, 1.807) is 0 Å². The quantitative estimate of drug-likeness (QED) is 0.626. The summed E-state index contributed by atoms with van der Waals surface area (Å²) in [5.41, 5.74) is 0. The Morgan fingerprint density at radius 3 is 2.31 bits per heavy atom. The molecule has 1 atom stereocenters. The molecule has 80 valence electrons. The maximum absolute atomic E-state index is 3.56. The van der Waals surface area contributed by atoms with Crippen LogP contribution in [0.4, 0.5) is 0 Å². The molecule has 0 amide bonds. The topological polar surface area (TPSA) is 3.24 Å². The van der Waals surface area contributed by atoms with Gasteiger partial charge in [-0.15, -0.1) is 0 Å². The zero-order valence-electron chi connectivity index (χ0n) is 9.52. The van der Waals surface area contributed by atoms with Crippen molar-refractivity contribution in [1.29, 1.82) is 0 Å². The van der Waals surface area contributed by atoms with Gasteiger partial charge < -0.3 is 4.90 Å². The van der Waals surface area contributed by atoms with Crippen molar-refractivity contribution >= 4 is 15.9 Å². The summed E-state index contributed by atoms with van der Waals surface area (Å²) in [6.07, 6.45) is 2.59. The maximum Gasteiger partial charge on any atom is 0.00717 e. The van der Waals surface area contributed by atoms with Crippen LogP contribution in [0.1, 0.15) is 33.6 Å². The molecule has 0 rings (SSSR count). The molecule has 0 spiro atoms. The van der Waals surface area contributed by atoms with E-state index < -0.39 is 0 Å². The lowest BCUT2D eigenvalue weighted by atomic mass is 10.1. The second-order valence-electron chi connectivity index (χ2n) is 4.37. The fraction of sp³-hybridized carbons (Fsp3) is 1.00. The zero-order valence-corrected chi connectivity index (χ0v) is 11.1. The minimum absolute atomic E-state index is 0.817. The summed E-state index contributed by atoms with van der Waals surface area (Å²) < 4.78 is 0. The van der Waals surface area contributed by atoms with Crippen molar-refractivity contribution < 1.29 is 0 Å². The van der Waals surface area contributed by atoms with Gasteiger partial charge in [0.2, 0.25) is 0 Å². The van der Waals surface area contributed by atoms with Crippen molar-refractivity contribution in [1.82, 2.24) is 4.90 Å². The highest BCUT2D eigenvalue weighted by molar-refractivity contribution is 9.09. The Bertz CT molecular complexity index is 111. The van der Waals surface area contributed by atoms with E-state index in [1.807, 2.05) is 0 Å². The molecule has 0 aliphatic carbocycles. The number of alkyl halides is 1. The minimum atomic E-state index is 0.817. The fourth-order valence-corrected chi connectivity index (χ4v) is 1.96. The summed E-state index contributed by atoms with van der Waals surface area (Å²) in [5.74, 6) is 1.64. The second kappa shape index (κ2) is 7.81. The van der Waals surface area contributed by atoms with Crippen molar-refractivity contribution in [2.45, 2.75) is 33.6 Å². The molecule has 0 heterocycles. The first-order valence-corrected chi connectivity index (χ1v) is 6.46. The number of hydrogen-bond donors (Lipinski definition) is 0. The summed E-state index contributed by atoms with van der Waals surface area (Å²) in [5, 5.41) is 1.13. The maximum atomic E-state index is 3.56. The Labute approximate surface area is 92.0 Å². The van der Waals surface area contributed by atoms with Crippen LogP contribution < -0.4 is 0 Å². The monoisotopic (exact) mass is 249 g/mol. The summed E-state index contributed by atoms with van der Waals surface area (Å²) in [6, 6.07) is 0. The van der Waals surface area contributed by atoms with Crippen LogP contribution in [0.25, 0.3) is 0 Å². The first-order valence-electron chi connectivity index (χ1n) is 5.34. The van der Waals surface area contributed by atoms with Crippen LogP contribution in [-0.4, -0.2) is 30.4 Å². The number of nitrogens with zero attached hydrogens (tertiary/aromatic N) is 1. The Kier molecular flexibility index (Phi) is 8.07. The van der Waals surface area contributed by atoms with Crippen LogP contribution in [0.15, 0.2) is 0 Å². The Balaban J connectivity index is 3.53. The van der Waals surface area contributed by atoms with Gasteiger partial charge in [0.1, 0.15) is 0 Å². The van der Waals surface area contributed by atoms with Gasteiger partial charge in [-0.1, -0.05) is 43.1 Å². The van der Waals surface area contributed by atoms with E-state index in [0.29, 0.717) is 0 Å². The molecular formula is C11H24BrN. The molecule has 1 unspecified atom stereocenters. The molecule has 2 heteroatoms. The van der Waals surface area contributed by atoms with Crippen LogP contribution in [0, 0.1) is 11.8 Å². The predicted octanol–water partition coefficient (Wildman–Crippen LogP) is 3.39. The second-order valence-corrected chi connectivity index (χ2v) is 5.02. The molecule has 0 aromatic carbocycles. The molecule has 1 nitrogen and oxygen atoms in total. The summed E-state index contributed by atoms with van der Waals surface area (Å²) in [7, 11) is 2.23. The van der Waals surface area contributed by atoms with Crippen LogP contribution in [0.5, 0.6) is 0 Å². The average molecular weight is 250 g/mol. The molecule has 0 saturated carbocycles. The van der Waals surface area contributed by atoms with Gasteiger partial charge in [0.25, 0.3) is 0 Å². The number of hydrogen-bond acceptors (Lipinski definition) is 1. The van der Waals surface area contributed by atoms with Crippen molar-refractivity contribution in [2.24, 2.45) is 11.8 Å². The Morgan fingerprint density at radius 2 is 1.92 bits per heavy atom. The third-order valence-corrected chi connectivity index (χ3v) is 3.37. The van der Waals surface area contributed by atoms with Gasteiger partial charge in [-0.25, -0.2) is 0 Å². The Hall–Kier alpha value is 0.440. The predicted molar refractivity (Wildman–Crippen MR) is 64.5 cm³/mol. The van der Waals surface area contributed by atoms with E-state index in [-0.39, 0.29) is 0 Å². The van der Waals surface area contributed by atoms with Gasteiger partial charge >= 0.3 is 0 Å². The third-order valence-electron chi connectivity index (χ3n) is 2.45. The van der Waals surface area contributed by atoms with E-state index in [2.05, 4.69) is 48.6 Å². The average Bonchev–Trinajstić information content (AvgIpc) is 2.10. The lowest BCUT2D eigenvalue weighted by molar-refractivity contribution is 0.270. The minimum Gasteiger partial charge on any atom is -0.306 e. The molecule has 0 aromatic rings. The summed E-state index contributed by atoms with van der Waals surface area (Å²) in [4.78, 5) is 2.45. The molecule has 0 bridgehead atoms. The van der Waals surface area contributed by atoms with Crippen LogP contribution in [0.3, 0.4) is 0 Å². The van der Waals surface area contributed by atoms with Gasteiger partial charge in [0, 0.05) is 11.9 Å². The van der Waals surface area contributed by atoms with Gasteiger partial charge in [-0.3, -0.25) is 0 Å². The summed E-state index contributed by atoms with van der Waals surface area (Å²) in [6.45, 7) is 9.31. The highest BCUT2D eigenvalue weighted by Crippen LogP contribution is 2.09. The van der Waals surface area contributed by atoms with Crippen LogP contribution >= 0.6 is 15.9 Å². The highest BCUT2D eigenvalue weighted by Gasteiger charge is 2.08. The smallest absolute Gasteiger partial charge is 0.00717 e. The molecule has 0 fully saturated rings. The van der Waals surface area contributed by atoms with E-state index >= 15 is 0 Å². The molecule has 0 saturated heterocycles. The standard InChI is InChI=1S/C11H24BrN/c1-5-11(8-12)9-13(4)7-6-10(2)3/h10-11H,5-9H2,1-4H3. The summed E-state index contributed by atoms with van der Waals surface area (Å²) >= 11 is 3.56. The molecule has 0 aromatic heterocycles. The third kappa shape index (κ3) is 7.51. The van der Waals surface area contributed by atoms with Crippen LogP contribution in [-0.2, 0) is 0 Å². The largest absolute Gasteiger partial charge is 0.306 e. The lowest BCUT2D eigenvalue weighted by Crippen LogP contribution is -2.27. The van der Waals surface area contributed by atoms with Gasteiger partial charge in [0.05, 0.1) is 0 Å². The van der Waals surface area contributed by atoms with Gasteiger partial charge in [-0.2, -0.15) is 0 Å². The normalized spacial score (nSPS) is 14.1. The van der Waals surface area contributed by atoms with E-state index in [0.717, 1.165) is 17.2 Å². The van der Waals surface area contributed by atoms with Crippen molar-refractivity contribution in [3.63, 3.8) is 0 Å². The van der Waals surface area contributed by atoms with E-state index in [4.69, 9.17) is 0 Å². The molecule has 0 aliphatic rings. The van der Waals surface area contributed by atoms with Gasteiger partial charge in [0.15, 0.2) is 0 Å². The number of halogens is 1. The van der Waals surface area contributed by atoms with E-state index in [1.165, 1.54) is 25.9 Å². The fourth-order valence-electron chi connectivity index (χ4n) is 1.30. The van der Waals surface area contributed by atoms with Crippen molar-refractivity contribution in [3.8, 4) is 0 Å². The zero-order chi connectivity index (χ0) is 10.3. The van der Waals surface area contributed by atoms with Crippen molar-refractivity contribution in [3.05, 3.63) is 0 Å². The van der Waals surface area contributed by atoms with Crippen molar-refractivity contribution in [2.75, 3.05) is 25.5 Å². The Morgan fingerprint density at radius 1 is 1.31 bits per heavy atom. The molecule has 0 radical (unpaired) electrons. The number of rotatable bonds is 7.